The standard InChI is InChI=1S/C17H17ClO4/c1-12-3-5-16(17(9-12)20-2)22-8-7-21-15-6-4-13(11-19)10-14(15)18/h3-6,9-11H,7-8H2,1-2H3. The van der Waals surface area contributed by atoms with Crippen molar-refractivity contribution in [3.05, 3.63) is 52.5 Å². The molecule has 2 aromatic rings. The minimum atomic E-state index is 0.331. The molecule has 4 nitrogen and oxygen atoms in total. The van der Waals surface area contributed by atoms with Crippen molar-refractivity contribution in [2.45, 2.75) is 6.92 Å². The van der Waals surface area contributed by atoms with Crippen LogP contribution in [0.3, 0.4) is 0 Å². The first kappa shape index (κ1) is 16.2. The van der Waals surface area contributed by atoms with Crippen LogP contribution < -0.4 is 14.2 Å². The molecule has 0 bridgehead atoms. The largest absolute Gasteiger partial charge is 0.493 e. The predicted octanol–water partition coefficient (Wildman–Crippen LogP) is 3.93. The minimum Gasteiger partial charge on any atom is -0.493 e. The third-order valence-electron chi connectivity index (χ3n) is 3.01. The van der Waals surface area contributed by atoms with Crippen molar-refractivity contribution >= 4 is 17.9 Å². The van der Waals surface area contributed by atoms with E-state index in [4.69, 9.17) is 25.8 Å². The summed E-state index contributed by atoms with van der Waals surface area (Å²) >= 11 is 6.02. The Hall–Kier alpha value is -2.20. The van der Waals surface area contributed by atoms with E-state index in [1.807, 2.05) is 25.1 Å². The average Bonchev–Trinajstić information content (AvgIpc) is 2.53. The van der Waals surface area contributed by atoms with Crippen LogP contribution in [0.4, 0.5) is 0 Å². The van der Waals surface area contributed by atoms with Gasteiger partial charge in [-0.05, 0) is 42.8 Å². The third kappa shape index (κ3) is 4.15. The number of carbonyl (C=O) groups excluding carboxylic acids is 1. The molecule has 0 unspecified atom stereocenters. The Morgan fingerprint density at radius 2 is 1.68 bits per heavy atom. The normalized spacial score (nSPS) is 10.1. The molecule has 0 heterocycles. The Labute approximate surface area is 134 Å². The first-order chi connectivity index (χ1) is 10.6. The van der Waals surface area contributed by atoms with Crippen molar-refractivity contribution in [2.75, 3.05) is 20.3 Å². The summed E-state index contributed by atoms with van der Waals surface area (Å²) in [6.45, 7) is 2.67. The zero-order chi connectivity index (χ0) is 15.9. The van der Waals surface area contributed by atoms with E-state index < -0.39 is 0 Å². The fourth-order valence-corrected chi connectivity index (χ4v) is 2.15. The zero-order valence-electron chi connectivity index (χ0n) is 12.5. The SMILES string of the molecule is COc1cc(C)ccc1OCCOc1ccc(C=O)cc1Cl. The van der Waals surface area contributed by atoms with Gasteiger partial charge in [0.2, 0.25) is 0 Å². The molecule has 0 aliphatic heterocycles. The topological polar surface area (TPSA) is 44.8 Å². The second-order valence-corrected chi connectivity index (χ2v) is 5.07. The highest BCUT2D eigenvalue weighted by Crippen LogP contribution is 2.28. The van der Waals surface area contributed by atoms with Crippen molar-refractivity contribution in [1.29, 1.82) is 0 Å². The Morgan fingerprint density at radius 1 is 1.00 bits per heavy atom. The summed E-state index contributed by atoms with van der Waals surface area (Å²) < 4.78 is 16.4. The molecule has 0 aromatic heterocycles. The van der Waals surface area contributed by atoms with E-state index in [0.29, 0.717) is 41.0 Å². The molecule has 0 radical (unpaired) electrons. The smallest absolute Gasteiger partial charge is 0.161 e. The van der Waals surface area contributed by atoms with Crippen LogP contribution >= 0.6 is 11.6 Å². The van der Waals surface area contributed by atoms with Gasteiger partial charge in [-0.3, -0.25) is 4.79 Å². The van der Waals surface area contributed by atoms with Gasteiger partial charge >= 0.3 is 0 Å². The molecule has 22 heavy (non-hydrogen) atoms. The van der Waals surface area contributed by atoms with E-state index in [2.05, 4.69) is 0 Å². The summed E-state index contributed by atoms with van der Waals surface area (Å²) in [7, 11) is 1.60. The van der Waals surface area contributed by atoms with Gasteiger partial charge in [0, 0.05) is 5.56 Å². The summed E-state index contributed by atoms with van der Waals surface area (Å²) in [5, 5.41) is 0.400. The minimum absolute atomic E-state index is 0.331. The van der Waals surface area contributed by atoms with Crippen LogP contribution in [0.1, 0.15) is 15.9 Å². The maximum Gasteiger partial charge on any atom is 0.161 e. The lowest BCUT2D eigenvalue weighted by Gasteiger charge is -2.12. The lowest BCUT2D eigenvalue weighted by molar-refractivity contribution is 0.112. The predicted molar refractivity (Wildman–Crippen MR) is 85.6 cm³/mol. The zero-order valence-corrected chi connectivity index (χ0v) is 13.2. The number of hydrogen-bond donors (Lipinski definition) is 0. The Bertz CT molecular complexity index is 655. The van der Waals surface area contributed by atoms with Gasteiger partial charge in [-0.15, -0.1) is 0 Å². The van der Waals surface area contributed by atoms with Gasteiger partial charge in [0.05, 0.1) is 12.1 Å². The molecule has 0 amide bonds. The van der Waals surface area contributed by atoms with Crippen LogP contribution in [0.5, 0.6) is 17.2 Å². The van der Waals surface area contributed by atoms with E-state index in [1.54, 1.807) is 25.3 Å². The first-order valence-corrected chi connectivity index (χ1v) is 7.17. The second kappa shape index (κ2) is 7.71. The second-order valence-electron chi connectivity index (χ2n) is 4.66. The van der Waals surface area contributed by atoms with Crippen LogP contribution in [0.25, 0.3) is 0 Å². The first-order valence-electron chi connectivity index (χ1n) is 6.79. The van der Waals surface area contributed by atoms with Gasteiger partial charge in [-0.1, -0.05) is 17.7 Å². The van der Waals surface area contributed by atoms with Gasteiger partial charge in [-0.2, -0.15) is 0 Å². The number of aryl methyl sites for hydroxylation is 1. The summed E-state index contributed by atoms with van der Waals surface area (Å²) in [5.41, 5.74) is 1.61. The molecule has 0 atom stereocenters. The Kier molecular flexibility index (Phi) is 5.67. The van der Waals surface area contributed by atoms with Crippen LogP contribution in [0.2, 0.25) is 5.02 Å². The van der Waals surface area contributed by atoms with E-state index in [9.17, 15) is 4.79 Å². The number of benzene rings is 2. The number of ether oxygens (including phenoxy) is 3. The summed E-state index contributed by atoms with van der Waals surface area (Å²) in [4.78, 5) is 10.6. The van der Waals surface area contributed by atoms with Crippen LogP contribution in [-0.4, -0.2) is 26.6 Å². The highest BCUT2D eigenvalue weighted by molar-refractivity contribution is 6.32. The van der Waals surface area contributed by atoms with E-state index in [0.717, 1.165) is 11.8 Å². The summed E-state index contributed by atoms with van der Waals surface area (Å²) in [6, 6.07) is 10.6. The van der Waals surface area contributed by atoms with Crippen molar-refractivity contribution in [2.24, 2.45) is 0 Å². The number of carbonyl (C=O) groups is 1. The molecule has 116 valence electrons. The fourth-order valence-electron chi connectivity index (χ4n) is 1.90. The van der Waals surface area contributed by atoms with Gasteiger partial charge < -0.3 is 14.2 Å². The van der Waals surface area contributed by atoms with Crippen LogP contribution in [-0.2, 0) is 0 Å². The van der Waals surface area contributed by atoms with Crippen LogP contribution in [0.15, 0.2) is 36.4 Å². The molecule has 5 heteroatoms. The highest BCUT2D eigenvalue weighted by Gasteiger charge is 2.06. The molecule has 2 aromatic carbocycles. The van der Waals surface area contributed by atoms with Gasteiger partial charge in [0.15, 0.2) is 11.5 Å². The van der Waals surface area contributed by atoms with E-state index in [-0.39, 0.29) is 0 Å². The molecule has 0 spiro atoms. The molecule has 0 saturated heterocycles. The van der Waals surface area contributed by atoms with Gasteiger partial charge in [-0.25, -0.2) is 0 Å². The Morgan fingerprint density at radius 3 is 2.32 bits per heavy atom. The quantitative estimate of drug-likeness (QED) is 0.573. The van der Waals surface area contributed by atoms with E-state index in [1.165, 1.54) is 0 Å². The highest BCUT2D eigenvalue weighted by atomic mass is 35.5. The molecular formula is C17H17ClO4. The van der Waals surface area contributed by atoms with Crippen molar-refractivity contribution in [1.82, 2.24) is 0 Å². The third-order valence-corrected chi connectivity index (χ3v) is 3.30. The number of halogens is 1. The molecule has 0 saturated carbocycles. The molecule has 2 rings (SSSR count). The number of hydrogen-bond acceptors (Lipinski definition) is 4. The fraction of sp³-hybridized carbons (Fsp3) is 0.235. The lowest BCUT2D eigenvalue weighted by Crippen LogP contribution is -2.10. The molecule has 0 fully saturated rings. The molecular weight excluding hydrogens is 304 g/mol. The molecule has 0 aliphatic carbocycles. The maximum atomic E-state index is 10.6. The van der Waals surface area contributed by atoms with Gasteiger partial charge in [0.1, 0.15) is 25.2 Å². The van der Waals surface area contributed by atoms with Gasteiger partial charge in [0.25, 0.3) is 0 Å². The lowest BCUT2D eigenvalue weighted by atomic mass is 10.2. The molecule has 0 aliphatic rings. The Balaban J connectivity index is 1.88. The monoisotopic (exact) mass is 320 g/mol. The van der Waals surface area contributed by atoms with Crippen molar-refractivity contribution < 1.29 is 19.0 Å². The average molecular weight is 321 g/mol. The molecule has 0 N–H and O–H groups in total. The van der Waals surface area contributed by atoms with E-state index >= 15 is 0 Å². The maximum absolute atomic E-state index is 10.6. The van der Waals surface area contributed by atoms with Crippen molar-refractivity contribution in [3.63, 3.8) is 0 Å². The number of aldehydes is 1. The number of rotatable bonds is 7. The van der Waals surface area contributed by atoms with Crippen LogP contribution in [0, 0.1) is 6.92 Å². The number of methoxy groups -OCH3 is 1. The van der Waals surface area contributed by atoms with Crippen molar-refractivity contribution in [3.8, 4) is 17.2 Å². The summed E-state index contributed by atoms with van der Waals surface area (Å²) in [5.74, 6) is 1.87. The summed E-state index contributed by atoms with van der Waals surface area (Å²) in [6.07, 6.45) is 0.739.